The molecule has 28 heavy (non-hydrogen) atoms. The monoisotopic (exact) mass is 401 g/mol. The van der Waals surface area contributed by atoms with Gasteiger partial charge >= 0.3 is 12.2 Å². The van der Waals surface area contributed by atoms with Gasteiger partial charge in [0, 0.05) is 11.1 Å². The fourth-order valence-electron chi connectivity index (χ4n) is 2.47. The Labute approximate surface area is 171 Å². The van der Waals surface area contributed by atoms with Crippen molar-refractivity contribution in [1.82, 2.24) is 16.0 Å². The Morgan fingerprint density at radius 3 is 1.43 bits per heavy atom. The number of carbonyl (C=O) groups is 2. The number of nitrogens with one attached hydrogen (secondary N) is 3. The van der Waals surface area contributed by atoms with E-state index in [-0.39, 0.29) is 17.2 Å². The van der Waals surface area contributed by atoms with Crippen LogP contribution >= 0.6 is 0 Å². The molecule has 0 aromatic rings. The van der Waals surface area contributed by atoms with E-state index in [9.17, 15) is 9.59 Å². The van der Waals surface area contributed by atoms with Crippen LogP contribution in [-0.2, 0) is 9.47 Å². The maximum atomic E-state index is 11.9. The smallest absolute Gasteiger partial charge is 0.408 e. The zero-order valence-corrected chi connectivity index (χ0v) is 19.7. The number of ether oxygens (including phenoxy) is 2. The third kappa shape index (κ3) is 15.5. The molecule has 0 bridgehead atoms. The molecule has 3 N–H and O–H groups in total. The van der Waals surface area contributed by atoms with Gasteiger partial charge in [0.1, 0.15) is 11.2 Å². The van der Waals surface area contributed by atoms with Crippen molar-refractivity contribution in [2.75, 3.05) is 13.1 Å². The molecule has 7 heteroatoms. The lowest BCUT2D eigenvalue weighted by Crippen LogP contribution is -2.47. The van der Waals surface area contributed by atoms with Crippen LogP contribution in [0.4, 0.5) is 9.59 Å². The SMILES string of the molecule is CC(C)(CCCNCCC(C)(C)NC(=O)OC(C)(C)C)NC(=O)OC(C)(C)C. The second kappa shape index (κ2) is 10.3. The molecule has 0 fully saturated rings. The average molecular weight is 402 g/mol. The Morgan fingerprint density at radius 1 is 0.643 bits per heavy atom. The van der Waals surface area contributed by atoms with E-state index in [1.54, 1.807) is 0 Å². The van der Waals surface area contributed by atoms with Crippen LogP contribution in [0.1, 0.15) is 88.5 Å². The number of carbonyl (C=O) groups excluding carboxylic acids is 2. The molecule has 2 amide bonds. The molecule has 0 spiro atoms. The van der Waals surface area contributed by atoms with E-state index in [0.717, 1.165) is 32.4 Å². The third-order valence-electron chi connectivity index (χ3n) is 3.76. The van der Waals surface area contributed by atoms with Crippen LogP contribution in [0, 0.1) is 0 Å². The quantitative estimate of drug-likeness (QED) is 0.500. The van der Waals surface area contributed by atoms with Gasteiger partial charge in [0.05, 0.1) is 0 Å². The van der Waals surface area contributed by atoms with Crippen molar-refractivity contribution in [3.05, 3.63) is 0 Å². The van der Waals surface area contributed by atoms with E-state index >= 15 is 0 Å². The minimum atomic E-state index is -0.501. The highest BCUT2D eigenvalue weighted by Gasteiger charge is 2.25. The summed E-state index contributed by atoms with van der Waals surface area (Å²) in [6, 6.07) is 0. The highest BCUT2D eigenvalue weighted by atomic mass is 16.6. The maximum absolute atomic E-state index is 11.9. The highest BCUT2D eigenvalue weighted by Crippen LogP contribution is 2.14. The first-order chi connectivity index (χ1) is 12.4. The number of hydrogen-bond acceptors (Lipinski definition) is 5. The topological polar surface area (TPSA) is 88.7 Å². The standard InChI is InChI=1S/C21H43N3O4/c1-18(2,3)27-16(25)23-20(7,8)12-11-14-22-15-13-21(9,10)24-17(26)28-19(4,5)6/h22H,11-15H2,1-10H3,(H,23,25)(H,24,26). The summed E-state index contributed by atoms with van der Waals surface area (Å²) in [5, 5.41) is 9.21. The van der Waals surface area contributed by atoms with Crippen molar-refractivity contribution in [1.29, 1.82) is 0 Å². The van der Waals surface area contributed by atoms with Crippen molar-refractivity contribution < 1.29 is 19.1 Å². The first-order valence-electron chi connectivity index (χ1n) is 10.1. The maximum Gasteiger partial charge on any atom is 0.408 e. The van der Waals surface area contributed by atoms with Crippen LogP contribution in [0.5, 0.6) is 0 Å². The Bertz CT molecular complexity index is 457. The van der Waals surface area contributed by atoms with Crippen LogP contribution in [0.2, 0.25) is 0 Å². The van der Waals surface area contributed by atoms with E-state index < -0.39 is 17.3 Å². The third-order valence-corrected chi connectivity index (χ3v) is 3.76. The molecule has 0 saturated carbocycles. The zero-order chi connectivity index (χ0) is 22.2. The molecule has 0 rings (SSSR count). The summed E-state index contributed by atoms with van der Waals surface area (Å²) < 4.78 is 10.6. The largest absolute Gasteiger partial charge is 0.444 e. The molecule has 0 heterocycles. The van der Waals surface area contributed by atoms with Gasteiger partial charge in [0.25, 0.3) is 0 Å². The van der Waals surface area contributed by atoms with Gasteiger partial charge < -0.3 is 25.4 Å². The number of rotatable bonds is 9. The van der Waals surface area contributed by atoms with Crippen molar-refractivity contribution >= 4 is 12.2 Å². The van der Waals surface area contributed by atoms with E-state index in [2.05, 4.69) is 16.0 Å². The lowest BCUT2D eigenvalue weighted by atomic mass is 9.98. The van der Waals surface area contributed by atoms with E-state index in [1.807, 2.05) is 69.2 Å². The molecular weight excluding hydrogens is 358 g/mol. The molecule has 0 unspecified atom stereocenters. The van der Waals surface area contributed by atoms with Crippen LogP contribution in [0.3, 0.4) is 0 Å². The van der Waals surface area contributed by atoms with Crippen LogP contribution in [-0.4, -0.2) is 47.6 Å². The van der Waals surface area contributed by atoms with Crippen LogP contribution < -0.4 is 16.0 Å². The van der Waals surface area contributed by atoms with Crippen molar-refractivity contribution in [3.63, 3.8) is 0 Å². The van der Waals surface area contributed by atoms with Crippen molar-refractivity contribution in [2.45, 2.75) is 111 Å². The summed E-state index contributed by atoms with van der Waals surface area (Å²) in [7, 11) is 0. The van der Waals surface area contributed by atoms with Gasteiger partial charge in [-0.3, -0.25) is 0 Å². The van der Waals surface area contributed by atoms with Crippen LogP contribution in [0.15, 0.2) is 0 Å². The highest BCUT2D eigenvalue weighted by molar-refractivity contribution is 5.69. The zero-order valence-electron chi connectivity index (χ0n) is 19.7. The summed E-state index contributed by atoms with van der Waals surface area (Å²) in [6.45, 7) is 20.6. The second-order valence-electron chi connectivity index (χ2n) is 10.6. The Kier molecular flexibility index (Phi) is 9.77. The predicted molar refractivity (Wildman–Crippen MR) is 114 cm³/mol. The Balaban J connectivity index is 4.06. The van der Waals surface area contributed by atoms with Gasteiger partial charge in [0.2, 0.25) is 0 Å². The van der Waals surface area contributed by atoms with Gasteiger partial charge in [-0.15, -0.1) is 0 Å². The van der Waals surface area contributed by atoms with Gasteiger partial charge in [0.15, 0.2) is 0 Å². The average Bonchev–Trinajstić information content (AvgIpc) is 2.36. The van der Waals surface area contributed by atoms with Crippen molar-refractivity contribution in [2.24, 2.45) is 0 Å². The van der Waals surface area contributed by atoms with Gasteiger partial charge in [-0.2, -0.15) is 0 Å². The first-order valence-corrected chi connectivity index (χ1v) is 10.1. The number of alkyl carbamates (subject to hydrolysis) is 2. The fourth-order valence-corrected chi connectivity index (χ4v) is 2.47. The molecule has 7 nitrogen and oxygen atoms in total. The molecule has 0 aliphatic heterocycles. The van der Waals surface area contributed by atoms with Crippen LogP contribution in [0.25, 0.3) is 0 Å². The summed E-state index contributed by atoms with van der Waals surface area (Å²) in [6.07, 6.45) is 1.75. The molecule has 0 aromatic heterocycles. The molecule has 0 atom stereocenters. The summed E-state index contributed by atoms with van der Waals surface area (Å²) in [5.74, 6) is 0. The van der Waals surface area contributed by atoms with Gasteiger partial charge in [-0.25, -0.2) is 9.59 Å². The van der Waals surface area contributed by atoms with Gasteiger partial charge in [-0.05, 0) is 102 Å². The molecule has 0 aliphatic rings. The van der Waals surface area contributed by atoms with Crippen molar-refractivity contribution in [3.8, 4) is 0 Å². The minimum Gasteiger partial charge on any atom is -0.444 e. The van der Waals surface area contributed by atoms with Gasteiger partial charge in [-0.1, -0.05) is 0 Å². The summed E-state index contributed by atoms with van der Waals surface area (Å²) in [5.41, 5.74) is -1.69. The van der Waals surface area contributed by atoms with E-state index in [1.165, 1.54) is 0 Å². The normalized spacial score (nSPS) is 13.1. The molecule has 166 valence electrons. The number of amides is 2. The minimum absolute atomic E-state index is 0.332. The van der Waals surface area contributed by atoms with E-state index in [0.29, 0.717) is 0 Å². The van der Waals surface area contributed by atoms with E-state index in [4.69, 9.17) is 9.47 Å². The number of hydrogen-bond donors (Lipinski definition) is 3. The lowest BCUT2D eigenvalue weighted by Gasteiger charge is -2.29. The predicted octanol–water partition coefficient (Wildman–Crippen LogP) is 4.35. The molecule has 0 aliphatic carbocycles. The molecule has 0 radical (unpaired) electrons. The second-order valence-corrected chi connectivity index (χ2v) is 10.6. The summed E-state index contributed by atoms with van der Waals surface area (Å²) >= 11 is 0. The lowest BCUT2D eigenvalue weighted by molar-refractivity contribution is 0.0452. The molecule has 0 aromatic carbocycles. The molecule has 0 saturated heterocycles. The first kappa shape index (κ1) is 26.5. The Hall–Kier alpha value is -1.50. The molecular formula is C21H43N3O4. The summed E-state index contributed by atoms with van der Waals surface area (Å²) in [4.78, 5) is 23.8. The fraction of sp³-hybridized carbons (Fsp3) is 0.905. The Morgan fingerprint density at radius 2 is 1.04 bits per heavy atom.